The molecule has 3 nitrogen and oxygen atoms in total. The van der Waals surface area contributed by atoms with Crippen molar-refractivity contribution in [3.63, 3.8) is 0 Å². The third-order valence-electron chi connectivity index (χ3n) is 5.36. The van der Waals surface area contributed by atoms with Crippen molar-refractivity contribution in [1.82, 2.24) is 10.3 Å². The number of para-hydroxylation sites is 1. The fourth-order valence-corrected chi connectivity index (χ4v) is 4.08. The second kappa shape index (κ2) is 6.80. The number of fused-ring (bicyclic) bond motifs is 2. The molecule has 0 saturated heterocycles. The van der Waals surface area contributed by atoms with Gasteiger partial charge in [-0.3, -0.25) is 0 Å². The molecule has 0 amide bonds. The molecule has 4 N–H and O–H groups in total. The Hall–Kier alpha value is -2.10. The summed E-state index contributed by atoms with van der Waals surface area (Å²) >= 11 is 0. The molecular weight excluding hydrogens is 294 g/mol. The molecule has 0 bridgehead atoms. The lowest BCUT2D eigenvalue weighted by Crippen LogP contribution is -2.38. The number of hydrogen-bond donors (Lipinski definition) is 3. The molecule has 4 rings (SSSR count). The van der Waals surface area contributed by atoms with Gasteiger partial charge in [-0.05, 0) is 54.5 Å². The number of aromatic nitrogens is 1. The summed E-state index contributed by atoms with van der Waals surface area (Å²) in [6.45, 7) is 1.62. The molecule has 1 aliphatic rings. The van der Waals surface area contributed by atoms with E-state index in [0.29, 0.717) is 12.0 Å². The molecule has 1 unspecified atom stereocenters. The van der Waals surface area contributed by atoms with Crippen molar-refractivity contribution in [3.8, 4) is 0 Å². The lowest BCUT2D eigenvalue weighted by molar-refractivity contribution is 0.347. The van der Waals surface area contributed by atoms with Crippen molar-refractivity contribution in [2.75, 3.05) is 6.54 Å². The first kappa shape index (κ1) is 15.4. The first-order chi connectivity index (χ1) is 11.8. The highest BCUT2D eigenvalue weighted by atomic mass is 14.9. The zero-order chi connectivity index (χ0) is 16.4. The molecule has 24 heavy (non-hydrogen) atoms. The maximum absolute atomic E-state index is 5.90. The Morgan fingerprint density at radius 3 is 2.50 bits per heavy atom. The molecule has 1 heterocycles. The van der Waals surface area contributed by atoms with Gasteiger partial charge in [-0.15, -0.1) is 0 Å². The number of aromatic amines is 1. The second-order valence-corrected chi connectivity index (χ2v) is 6.86. The quantitative estimate of drug-likeness (QED) is 0.652. The normalized spacial score (nSPS) is 15.7. The Morgan fingerprint density at radius 2 is 1.75 bits per heavy atom. The van der Waals surface area contributed by atoms with Crippen LogP contribution in [0, 0.1) is 5.92 Å². The maximum atomic E-state index is 5.90. The van der Waals surface area contributed by atoms with E-state index < -0.39 is 0 Å². The highest BCUT2D eigenvalue weighted by Crippen LogP contribution is 2.30. The zero-order valence-electron chi connectivity index (χ0n) is 14.0. The van der Waals surface area contributed by atoms with Gasteiger partial charge in [-0.1, -0.05) is 42.5 Å². The standard InChI is InChI=1S/C21H25N3/c22-10-9-20(17-11-15-5-1-2-6-16(15)12-17)23-13-18-14-24-21-8-4-3-7-19(18)21/h1-8,14,17,20,23-24H,9-13,22H2. The number of benzene rings is 2. The van der Waals surface area contributed by atoms with Crippen LogP contribution in [0.15, 0.2) is 54.7 Å². The lowest BCUT2D eigenvalue weighted by Gasteiger charge is -2.24. The number of H-pyrrole nitrogens is 1. The van der Waals surface area contributed by atoms with E-state index in [2.05, 4.69) is 65.0 Å². The van der Waals surface area contributed by atoms with E-state index in [0.717, 1.165) is 19.5 Å². The van der Waals surface area contributed by atoms with Crippen LogP contribution in [0.2, 0.25) is 0 Å². The molecule has 3 aromatic rings. The van der Waals surface area contributed by atoms with Gasteiger partial charge in [-0.2, -0.15) is 0 Å². The zero-order valence-corrected chi connectivity index (χ0v) is 14.0. The van der Waals surface area contributed by atoms with Gasteiger partial charge in [0.05, 0.1) is 0 Å². The largest absolute Gasteiger partial charge is 0.361 e. The minimum Gasteiger partial charge on any atom is -0.361 e. The van der Waals surface area contributed by atoms with Gasteiger partial charge in [0, 0.05) is 29.7 Å². The number of rotatable bonds is 6. The van der Waals surface area contributed by atoms with E-state index in [9.17, 15) is 0 Å². The highest BCUT2D eigenvalue weighted by molar-refractivity contribution is 5.82. The van der Waals surface area contributed by atoms with Crippen LogP contribution in [-0.4, -0.2) is 17.6 Å². The topological polar surface area (TPSA) is 53.8 Å². The van der Waals surface area contributed by atoms with Crippen LogP contribution in [-0.2, 0) is 19.4 Å². The number of hydrogen-bond acceptors (Lipinski definition) is 2. The van der Waals surface area contributed by atoms with Crippen LogP contribution < -0.4 is 11.1 Å². The van der Waals surface area contributed by atoms with E-state index in [1.807, 2.05) is 0 Å². The highest BCUT2D eigenvalue weighted by Gasteiger charge is 2.27. The summed E-state index contributed by atoms with van der Waals surface area (Å²) in [4.78, 5) is 3.36. The Labute approximate surface area is 143 Å². The SMILES string of the molecule is NCCC(NCc1c[nH]c2ccccc12)C1Cc2ccccc2C1. The van der Waals surface area contributed by atoms with Crippen molar-refractivity contribution in [1.29, 1.82) is 0 Å². The summed E-state index contributed by atoms with van der Waals surface area (Å²) in [6.07, 6.45) is 5.49. The van der Waals surface area contributed by atoms with Gasteiger partial charge in [-0.25, -0.2) is 0 Å². The fourth-order valence-electron chi connectivity index (χ4n) is 4.08. The molecule has 1 aliphatic carbocycles. The van der Waals surface area contributed by atoms with Crippen LogP contribution in [0.3, 0.4) is 0 Å². The maximum Gasteiger partial charge on any atom is 0.0457 e. The van der Waals surface area contributed by atoms with Crippen molar-refractivity contribution in [3.05, 3.63) is 71.4 Å². The summed E-state index contributed by atoms with van der Waals surface area (Å²) in [5.41, 5.74) is 11.5. The van der Waals surface area contributed by atoms with E-state index in [1.54, 1.807) is 0 Å². The minimum atomic E-state index is 0.469. The molecular formula is C21H25N3. The Bertz CT molecular complexity index is 796. The molecule has 124 valence electrons. The predicted molar refractivity (Wildman–Crippen MR) is 99.9 cm³/mol. The van der Waals surface area contributed by atoms with E-state index in [4.69, 9.17) is 5.73 Å². The van der Waals surface area contributed by atoms with Gasteiger partial charge >= 0.3 is 0 Å². The summed E-state index contributed by atoms with van der Waals surface area (Å²) in [5, 5.41) is 5.10. The summed E-state index contributed by atoms with van der Waals surface area (Å²) in [7, 11) is 0. The third-order valence-corrected chi connectivity index (χ3v) is 5.36. The molecule has 1 aromatic heterocycles. The van der Waals surface area contributed by atoms with Crippen LogP contribution in [0.1, 0.15) is 23.1 Å². The second-order valence-electron chi connectivity index (χ2n) is 6.86. The van der Waals surface area contributed by atoms with Crippen molar-refractivity contribution in [2.45, 2.75) is 31.8 Å². The smallest absolute Gasteiger partial charge is 0.0457 e. The average Bonchev–Trinajstić information content (AvgIpc) is 3.22. The minimum absolute atomic E-state index is 0.469. The summed E-state index contributed by atoms with van der Waals surface area (Å²) < 4.78 is 0. The number of nitrogens with one attached hydrogen (secondary N) is 2. The van der Waals surface area contributed by atoms with E-state index in [1.165, 1.54) is 40.4 Å². The lowest BCUT2D eigenvalue weighted by atomic mass is 9.93. The molecule has 0 spiro atoms. The van der Waals surface area contributed by atoms with Gasteiger partial charge in [0.2, 0.25) is 0 Å². The van der Waals surface area contributed by atoms with E-state index >= 15 is 0 Å². The monoisotopic (exact) mass is 319 g/mol. The van der Waals surface area contributed by atoms with Crippen molar-refractivity contribution < 1.29 is 0 Å². The van der Waals surface area contributed by atoms with Crippen molar-refractivity contribution in [2.24, 2.45) is 11.7 Å². The molecule has 0 radical (unpaired) electrons. The van der Waals surface area contributed by atoms with Crippen LogP contribution >= 0.6 is 0 Å². The van der Waals surface area contributed by atoms with Crippen molar-refractivity contribution >= 4 is 10.9 Å². The van der Waals surface area contributed by atoms with Crippen LogP contribution in [0.5, 0.6) is 0 Å². The molecule has 1 atom stereocenters. The number of nitrogens with two attached hydrogens (primary N) is 1. The third kappa shape index (κ3) is 2.97. The van der Waals surface area contributed by atoms with Gasteiger partial charge in [0.25, 0.3) is 0 Å². The molecule has 0 aliphatic heterocycles. The Kier molecular flexibility index (Phi) is 4.37. The van der Waals surface area contributed by atoms with Gasteiger partial charge in [0.1, 0.15) is 0 Å². The predicted octanol–water partition coefficient (Wildman–Crippen LogP) is 3.39. The molecule has 2 aromatic carbocycles. The van der Waals surface area contributed by atoms with Crippen LogP contribution in [0.25, 0.3) is 10.9 Å². The summed E-state index contributed by atoms with van der Waals surface area (Å²) in [5.74, 6) is 0.649. The van der Waals surface area contributed by atoms with Crippen LogP contribution in [0.4, 0.5) is 0 Å². The molecule has 3 heteroatoms. The van der Waals surface area contributed by atoms with Gasteiger partial charge in [0.15, 0.2) is 0 Å². The Morgan fingerprint density at radius 1 is 1.04 bits per heavy atom. The first-order valence-corrected chi connectivity index (χ1v) is 8.90. The molecule has 0 fully saturated rings. The fraction of sp³-hybridized carbons (Fsp3) is 0.333. The van der Waals surface area contributed by atoms with E-state index in [-0.39, 0.29) is 0 Å². The van der Waals surface area contributed by atoms with Gasteiger partial charge < -0.3 is 16.0 Å². The summed E-state index contributed by atoms with van der Waals surface area (Å²) in [6, 6.07) is 17.8. The molecule has 0 saturated carbocycles. The average molecular weight is 319 g/mol. The Balaban J connectivity index is 1.47. The first-order valence-electron chi connectivity index (χ1n) is 8.90.